The highest BCUT2D eigenvalue weighted by molar-refractivity contribution is 9.10. The molecular weight excluding hydrogens is 301 g/mol. The van der Waals surface area contributed by atoms with Crippen molar-refractivity contribution in [1.29, 1.82) is 0 Å². The minimum Gasteiger partial charge on any atom is -0.326 e. The molecule has 1 aromatic carbocycles. The van der Waals surface area contributed by atoms with Crippen LogP contribution in [0, 0.1) is 5.82 Å². The lowest BCUT2D eigenvalue weighted by molar-refractivity contribution is 0.556. The molecule has 1 aromatic rings. The number of rotatable bonds is 3. The van der Waals surface area contributed by atoms with Gasteiger partial charge in [0.05, 0.1) is 0 Å². The van der Waals surface area contributed by atoms with Crippen molar-refractivity contribution in [2.24, 2.45) is 5.73 Å². The monoisotopic (exact) mass is 317 g/mol. The molecule has 0 saturated carbocycles. The molecule has 0 bridgehead atoms. The van der Waals surface area contributed by atoms with Crippen LogP contribution in [0.2, 0.25) is 0 Å². The summed E-state index contributed by atoms with van der Waals surface area (Å²) in [6.07, 6.45) is 4.52. The Morgan fingerprint density at radius 2 is 2.29 bits per heavy atom. The first-order valence-electron chi connectivity index (χ1n) is 5.98. The Morgan fingerprint density at radius 1 is 1.47 bits per heavy atom. The lowest BCUT2D eigenvalue weighted by Crippen LogP contribution is -2.36. The standard InChI is InChI=1S/C13H17BrFNS/c14-11-5-4-10(15)7-9(11)8-12(16)13-3-1-2-6-17-13/h4-5,7,12-13H,1-3,6,8,16H2. The van der Waals surface area contributed by atoms with E-state index in [1.54, 1.807) is 12.1 Å². The van der Waals surface area contributed by atoms with Crippen molar-refractivity contribution in [3.05, 3.63) is 34.1 Å². The van der Waals surface area contributed by atoms with Crippen LogP contribution in [-0.2, 0) is 6.42 Å². The number of benzene rings is 1. The highest BCUT2D eigenvalue weighted by Crippen LogP contribution is 2.29. The molecule has 1 aliphatic rings. The second-order valence-corrected chi connectivity index (χ2v) is 6.71. The Bertz CT molecular complexity index is 380. The third kappa shape index (κ3) is 3.70. The van der Waals surface area contributed by atoms with E-state index in [-0.39, 0.29) is 11.9 Å². The van der Waals surface area contributed by atoms with Crippen molar-refractivity contribution in [2.45, 2.75) is 37.0 Å². The van der Waals surface area contributed by atoms with Gasteiger partial charge >= 0.3 is 0 Å². The Kier molecular flexibility index (Phi) is 4.88. The first-order chi connectivity index (χ1) is 8.16. The number of halogens is 2. The Balaban J connectivity index is 2.01. The largest absolute Gasteiger partial charge is 0.326 e. The zero-order valence-electron chi connectivity index (χ0n) is 9.66. The quantitative estimate of drug-likeness (QED) is 0.919. The Labute approximate surface area is 114 Å². The molecule has 0 spiro atoms. The molecule has 2 atom stereocenters. The maximum absolute atomic E-state index is 13.2. The summed E-state index contributed by atoms with van der Waals surface area (Å²) in [4.78, 5) is 0. The summed E-state index contributed by atoms with van der Waals surface area (Å²) in [5, 5.41) is 0.527. The number of hydrogen-bond acceptors (Lipinski definition) is 2. The minimum atomic E-state index is -0.188. The fourth-order valence-corrected chi connectivity index (χ4v) is 3.95. The van der Waals surface area contributed by atoms with Gasteiger partial charge in [0.2, 0.25) is 0 Å². The average molecular weight is 318 g/mol. The number of hydrogen-bond donors (Lipinski definition) is 1. The van der Waals surface area contributed by atoms with Gasteiger partial charge in [0, 0.05) is 15.8 Å². The zero-order chi connectivity index (χ0) is 12.3. The van der Waals surface area contributed by atoms with Gasteiger partial charge in [0.15, 0.2) is 0 Å². The summed E-state index contributed by atoms with van der Waals surface area (Å²) in [6, 6.07) is 4.93. The molecule has 1 heterocycles. The second kappa shape index (κ2) is 6.21. The smallest absolute Gasteiger partial charge is 0.123 e. The maximum atomic E-state index is 13.2. The molecule has 2 unspecified atom stereocenters. The predicted molar refractivity (Wildman–Crippen MR) is 75.9 cm³/mol. The molecule has 2 rings (SSSR count). The van der Waals surface area contributed by atoms with Gasteiger partial charge < -0.3 is 5.73 Å². The van der Waals surface area contributed by atoms with E-state index in [2.05, 4.69) is 15.9 Å². The topological polar surface area (TPSA) is 26.0 Å². The van der Waals surface area contributed by atoms with Crippen molar-refractivity contribution in [2.75, 3.05) is 5.75 Å². The first-order valence-corrected chi connectivity index (χ1v) is 7.82. The normalized spacial score (nSPS) is 22.4. The van der Waals surface area contributed by atoms with Gasteiger partial charge in [-0.25, -0.2) is 4.39 Å². The molecule has 1 fully saturated rings. The van der Waals surface area contributed by atoms with Crippen LogP contribution in [0.25, 0.3) is 0 Å². The summed E-state index contributed by atoms with van der Waals surface area (Å²) in [6.45, 7) is 0. The van der Waals surface area contributed by atoms with Gasteiger partial charge in [0.1, 0.15) is 5.82 Å². The van der Waals surface area contributed by atoms with E-state index in [0.717, 1.165) is 16.5 Å². The van der Waals surface area contributed by atoms with Crippen LogP contribution in [0.3, 0.4) is 0 Å². The fourth-order valence-electron chi connectivity index (χ4n) is 2.19. The number of thioether (sulfide) groups is 1. The SMILES string of the molecule is NC(Cc1cc(F)ccc1Br)C1CCCCS1. The van der Waals surface area contributed by atoms with Gasteiger partial charge in [-0.15, -0.1) is 0 Å². The summed E-state index contributed by atoms with van der Waals surface area (Å²) < 4.78 is 14.1. The summed E-state index contributed by atoms with van der Waals surface area (Å²) in [5.41, 5.74) is 7.21. The molecule has 94 valence electrons. The first kappa shape index (κ1) is 13.4. The lowest BCUT2D eigenvalue weighted by atomic mass is 10.0. The molecule has 4 heteroatoms. The van der Waals surface area contributed by atoms with Gasteiger partial charge in [0.25, 0.3) is 0 Å². The van der Waals surface area contributed by atoms with E-state index >= 15 is 0 Å². The Morgan fingerprint density at radius 3 is 3.00 bits per heavy atom. The molecule has 1 aliphatic heterocycles. The second-order valence-electron chi connectivity index (χ2n) is 4.51. The van der Waals surface area contributed by atoms with Crippen LogP contribution in [-0.4, -0.2) is 17.0 Å². The maximum Gasteiger partial charge on any atom is 0.123 e. The van der Waals surface area contributed by atoms with E-state index in [9.17, 15) is 4.39 Å². The third-order valence-electron chi connectivity index (χ3n) is 3.16. The number of nitrogens with two attached hydrogens (primary N) is 1. The summed E-state index contributed by atoms with van der Waals surface area (Å²) >= 11 is 5.42. The Hall–Kier alpha value is -0.0600. The van der Waals surface area contributed by atoms with E-state index in [4.69, 9.17) is 5.73 Å². The molecule has 17 heavy (non-hydrogen) atoms. The third-order valence-corrected chi connectivity index (χ3v) is 5.47. The van der Waals surface area contributed by atoms with Crippen LogP contribution in [0.4, 0.5) is 4.39 Å². The summed E-state index contributed by atoms with van der Waals surface area (Å²) in [5.74, 6) is 1.02. The van der Waals surface area contributed by atoms with E-state index in [1.165, 1.54) is 31.1 Å². The van der Waals surface area contributed by atoms with Crippen LogP contribution in [0.15, 0.2) is 22.7 Å². The van der Waals surface area contributed by atoms with E-state index < -0.39 is 0 Å². The molecule has 0 aromatic heterocycles. The molecule has 1 nitrogen and oxygen atoms in total. The molecule has 1 saturated heterocycles. The molecule has 2 N–H and O–H groups in total. The van der Waals surface area contributed by atoms with Crippen LogP contribution in [0.5, 0.6) is 0 Å². The van der Waals surface area contributed by atoms with E-state index in [1.807, 2.05) is 11.8 Å². The molecule has 0 aliphatic carbocycles. The zero-order valence-corrected chi connectivity index (χ0v) is 12.1. The minimum absolute atomic E-state index is 0.124. The molecule has 0 radical (unpaired) electrons. The lowest BCUT2D eigenvalue weighted by Gasteiger charge is -2.27. The summed E-state index contributed by atoms with van der Waals surface area (Å²) in [7, 11) is 0. The van der Waals surface area contributed by atoms with Crippen LogP contribution >= 0.6 is 27.7 Å². The van der Waals surface area contributed by atoms with Gasteiger partial charge in [-0.1, -0.05) is 22.4 Å². The van der Waals surface area contributed by atoms with E-state index in [0.29, 0.717) is 5.25 Å². The van der Waals surface area contributed by atoms with Gasteiger partial charge in [-0.3, -0.25) is 0 Å². The molecular formula is C13H17BrFNS. The van der Waals surface area contributed by atoms with Crippen molar-refractivity contribution in [3.8, 4) is 0 Å². The molecule has 0 amide bonds. The van der Waals surface area contributed by atoms with Crippen LogP contribution in [0.1, 0.15) is 24.8 Å². The van der Waals surface area contributed by atoms with Crippen molar-refractivity contribution < 1.29 is 4.39 Å². The highest BCUT2D eigenvalue weighted by atomic mass is 79.9. The predicted octanol–water partition coefficient (Wildman–Crippen LogP) is 3.74. The average Bonchev–Trinajstić information content (AvgIpc) is 2.35. The van der Waals surface area contributed by atoms with Gasteiger partial charge in [-0.05, 0) is 48.8 Å². The van der Waals surface area contributed by atoms with Crippen molar-refractivity contribution >= 4 is 27.7 Å². The highest BCUT2D eigenvalue weighted by Gasteiger charge is 2.22. The van der Waals surface area contributed by atoms with Gasteiger partial charge in [-0.2, -0.15) is 11.8 Å². The fraction of sp³-hybridized carbons (Fsp3) is 0.538. The van der Waals surface area contributed by atoms with Crippen molar-refractivity contribution in [3.63, 3.8) is 0 Å². The van der Waals surface area contributed by atoms with Crippen LogP contribution < -0.4 is 5.73 Å². The van der Waals surface area contributed by atoms with Crippen molar-refractivity contribution in [1.82, 2.24) is 0 Å².